The highest BCUT2D eigenvalue weighted by molar-refractivity contribution is 6.15. The van der Waals surface area contributed by atoms with Gasteiger partial charge in [0.2, 0.25) is 0 Å². The molecule has 0 atom stereocenters. The zero-order chi connectivity index (χ0) is 22.0. The van der Waals surface area contributed by atoms with Crippen molar-refractivity contribution in [1.29, 1.82) is 0 Å². The second-order valence-corrected chi connectivity index (χ2v) is 10.1. The Morgan fingerprint density at radius 3 is 2.18 bits per heavy atom. The van der Waals surface area contributed by atoms with Gasteiger partial charge in [-0.2, -0.15) is 0 Å². The molecular formula is C33H21N. The van der Waals surface area contributed by atoms with Crippen LogP contribution in [0.15, 0.2) is 91.0 Å². The molecule has 0 saturated carbocycles. The quantitative estimate of drug-likeness (QED) is 0.231. The van der Waals surface area contributed by atoms with Crippen LogP contribution in [0, 0.1) is 0 Å². The van der Waals surface area contributed by atoms with Crippen molar-refractivity contribution in [3.8, 4) is 27.9 Å². The van der Waals surface area contributed by atoms with Crippen molar-refractivity contribution in [1.82, 2.24) is 4.57 Å². The molecule has 0 radical (unpaired) electrons. The topological polar surface area (TPSA) is 4.93 Å². The summed E-state index contributed by atoms with van der Waals surface area (Å²) in [5.41, 5.74) is 18.7. The largest absolute Gasteiger partial charge is 0.309 e. The van der Waals surface area contributed by atoms with Gasteiger partial charge in [-0.15, -0.1) is 0 Å². The van der Waals surface area contributed by atoms with Gasteiger partial charge in [-0.3, -0.25) is 0 Å². The van der Waals surface area contributed by atoms with Gasteiger partial charge in [0.1, 0.15) is 0 Å². The third-order valence-corrected chi connectivity index (χ3v) is 8.44. The number of nitrogens with zero attached hydrogens (tertiary/aromatic N) is 1. The Morgan fingerprint density at radius 1 is 0.500 bits per heavy atom. The summed E-state index contributed by atoms with van der Waals surface area (Å²) in [5.74, 6) is 0. The normalized spacial score (nSPS) is 14.1. The predicted molar refractivity (Wildman–Crippen MR) is 140 cm³/mol. The Morgan fingerprint density at radius 2 is 1.24 bits per heavy atom. The molecular weight excluding hydrogens is 410 g/mol. The number of hydrogen-bond donors (Lipinski definition) is 0. The van der Waals surface area contributed by atoms with Crippen LogP contribution in [0.5, 0.6) is 0 Å². The molecule has 0 N–H and O–H groups in total. The van der Waals surface area contributed by atoms with Crippen LogP contribution in [0.25, 0.3) is 49.7 Å². The third kappa shape index (κ3) is 1.94. The summed E-state index contributed by atoms with van der Waals surface area (Å²) in [6.45, 7) is 0. The minimum absolute atomic E-state index is 1.01. The van der Waals surface area contributed by atoms with Gasteiger partial charge in [-0.25, -0.2) is 0 Å². The van der Waals surface area contributed by atoms with E-state index in [2.05, 4.69) is 95.6 Å². The summed E-state index contributed by atoms with van der Waals surface area (Å²) in [5, 5.41) is 2.85. The van der Waals surface area contributed by atoms with Gasteiger partial charge in [-0.1, -0.05) is 78.9 Å². The number of aromatic nitrogens is 1. The number of hydrogen-bond acceptors (Lipinski definition) is 0. The van der Waals surface area contributed by atoms with E-state index < -0.39 is 0 Å². The molecule has 0 bridgehead atoms. The summed E-state index contributed by atoms with van der Waals surface area (Å²) >= 11 is 0. The zero-order valence-corrected chi connectivity index (χ0v) is 18.7. The molecule has 5 aromatic carbocycles. The first kappa shape index (κ1) is 17.4. The lowest BCUT2D eigenvalue weighted by Gasteiger charge is -2.20. The van der Waals surface area contributed by atoms with Gasteiger partial charge in [0.05, 0.1) is 11.0 Å². The van der Waals surface area contributed by atoms with Crippen molar-refractivity contribution in [2.45, 2.75) is 19.3 Å². The van der Waals surface area contributed by atoms with E-state index in [1.165, 1.54) is 83.1 Å². The molecule has 2 aliphatic carbocycles. The molecule has 3 aliphatic rings. The van der Waals surface area contributed by atoms with Crippen LogP contribution in [0.2, 0.25) is 0 Å². The van der Waals surface area contributed by atoms with Crippen molar-refractivity contribution >= 4 is 21.8 Å². The minimum atomic E-state index is 1.01. The van der Waals surface area contributed by atoms with Crippen LogP contribution in [-0.4, -0.2) is 4.57 Å². The van der Waals surface area contributed by atoms with Crippen molar-refractivity contribution in [2.75, 3.05) is 0 Å². The van der Waals surface area contributed by atoms with Gasteiger partial charge in [0.25, 0.3) is 0 Å². The van der Waals surface area contributed by atoms with Gasteiger partial charge < -0.3 is 4.57 Å². The van der Waals surface area contributed by atoms with Crippen molar-refractivity contribution in [2.24, 2.45) is 0 Å². The average Bonchev–Trinajstić information content (AvgIpc) is 3.54. The van der Waals surface area contributed by atoms with Gasteiger partial charge in [-0.05, 0) is 80.6 Å². The fourth-order valence-electron chi connectivity index (χ4n) is 7.11. The lowest BCUT2D eigenvalue weighted by atomic mass is 9.93. The summed E-state index contributed by atoms with van der Waals surface area (Å²) in [6.07, 6.45) is 3.08. The number of benzene rings is 5. The molecule has 1 nitrogen and oxygen atoms in total. The summed E-state index contributed by atoms with van der Waals surface area (Å²) in [6, 6.07) is 34.4. The van der Waals surface area contributed by atoms with Crippen LogP contribution in [0.1, 0.15) is 33.4 Å². The molecule has 9 rings (SSSR count). The highest BCUT2D eigenvalue weighted by Gasteiger charge is 2.31. The fraction of sp³-hybridized carbons (Fsp3) is 0.0909. The molecule has 0 spiro atoms. The molecule has 6 aromatic rings. The molecule has 1 heteroatoms. The molecule has 1 aromatic heterocycles. The maximum Gasteiger partial charge on any atom is 0.0576 e. The van der Waals surface area contributed by atoms with Crippen LogP contribution in [0.3, 0.4) is 0 Å². The highest BCUT2D eigenvalue weighted by Crippen LogP contribution is 2.52. The second-order valence-electron chi connectivity index (χ2n) is 10.1. The fourth-order valence-corrected chi connectivity index (χ4v) is 7.11. The van der Waals surface area contributed by atoms with E-state index in [4.69, 9.17) is 0 Å². The molecule has 0 unspecified atom stereocenters. The monoisotopic (exact) mass is 431 g/mol. The predicted octanol–water partition coefficient (Wildman–Crippen LogP) is 7.83. The van der Waals surface area contributed by atoms with Crippen LogP contribution >= 0.6 is 0 Å². The Hall–Kier alpha value is -4.10. The van der Waals surface area contributed by atoms with Crippen LogP contribution in [0.4, 0.5) is 0 Å². The highest BCUT2D eigenvalue weighted by atomic mass is 15.0. The lowest BCUT2D eigenvalue weighted by molar-refractivity contribution is 1.04. The third-order valence-electron chi connectivity index (χ3n) is 8.44. The number of fused-ring (bicyclic) bond motifs is 13. The standard InChI is InChI=1S/C33H21N/c1-3-9-24-19(6-1)16-21-12-13-22-18-27-25(31(22)30(21)24)14-15-29-32(27)26-10-5-8-23-17-20-7-2-4-11-28(20)34(29)33(23)26/h1-15H,16-18H2. The van der Waals surface area contributed by atoms with Crippen molar-refractivity contribution in [3.05, 3.63) is 124 Å². The molecule has 158 valence electrons. The first-order valence-electron chi connectivity index (χ1n) is 12.3. The molecule has 0 amide bonds. The number of para-hydroxylation sites is 2. The molecule has 34 heavy (non-hydrogen) atoms. The Labute approximate surface area is 197 Å². The molecule has 1 aliphatic heterocycles. The Bertz CT molecular complexity index is 1880. The maximum absolute atomic E-state index is 2.53. The van der Waals surface area contributed by atoms with Crippen molar-refractivity contribution < 1.29 is 0 Å². The zero-order valence-electron chi connectivity index (χ0n) is 18.7. The van der Waals surface area contributed by atoms with Gasteiger partial charge in [0.15, 0.2) is 0 Å². The van der Waals surface area contributed by atoms with E-state index in [9.17, 15) is 0 Å². The van der Waals surface area contributed by atoms with Gasteiger partial charge in [0, 0.05) is 22.9 Å². The molecule has 2 heterocycles. The van der Waals surface area contributed by atoms with E-state index in [0.29, 0.717) is 0 Å². The van der Waals surface area contributed by atoms with E-state index in [1.54, 1.807) is 0 Å². The van der Waals surface area contributed by atoms with Crippen LogP contribution in [-0.2, 0) is 19.3 Å². The SMILES string of the molecule is c1ccc2c(c1)Cc1ccc3c(c1-2)-c1ccc2c(c1C3)c1cccc3c1n2-c1ccccc1C3. The molecule has 0 saturated heterocycles. The van der Waals surface area contributed by atoms with Gasteiger partial charge >= 0.3 is 0 Å². The summed E-state index contributed by atoms with van der Waals surface area (Å²) < 4.78 is 2.53. The van der Waals surface area contributed by atoms with E-state index in [0.717, 1.165) is 19.3 Å². The Balaban J connectivity index is 1.41. The second kappa shape index (κ2) is 5.87. The average molecular weight is 432 g/mol. The Kier molecular flexibility index (Phi) is 3.00. The number of rotatable bonds is 0. The first-order chi connectivity index (χ1) is 16.9. The minimum Gasteiger partial charge on any atom is -0.309 e. The van der Waals surface area contributed by atoms with E-state index >= 15 is 0 Å². The molecule has 0 fully saturated rings. The first-order valence-corrected chi connectivity index (χ1v) is 12.3. The van der Waals surface area contributed by atoms with E-state index in [-0.39, 0.29) is 0 Å². The summed E-state index contributed by atoms with van der Waals surface area (Å²) in [4.78, 5) is 0. The smallest absolute Gasteiger partial charge is 0.0576 e. The van der Waals surface area contributed by atoms with Crippen molar-refractivity contribution in [3.63, 3.8) is 0 Å². The lowest BCUT2D eigenvalue weighted by Crippen LogP contribution is -2.07. The van der Waals surface area contributed by atoms with Crippen LogP contribution < -0.4 is 0 Å². The maximum atomic E-state index is 2.53. The van der Waals surface area contributed by atoms with E-state index in [1.807, 2.05) is 0 Å². The summed E-state index contributed by atoms with van der Waals surface area (Å²) in [7, 11) is 0.